The van der Waals surface area contributed by atoms with Crippen molar-refractivity contribution < 1.29 is 90.8 Å². The second-order valence-corrected chi connectivity index (χ2v) is 8.16. The van der Waals surface area contributed by atoms with Gasteiger partial charge >= 0.3 is 0 Å². The van der Waals surface area contributed by atoms with Crippen molar-refractivity contribution >= 4 is 0 Å². The lowest BCUT2D eigenvalue weighted by Crippen LogP contribution is -2.58. The molecule has 1 unspecified atom stereocenters. The fourth-order valence-corrected chi connectivity index (χ4v) is 3.25. The Balaban J connectivity index is 0.000000270. The molecule has 0 spiro atoms. The zero-order valence-corrected chi connectivity index (χ0v) is 18.7. The van der Waals surface area contributed by atoms with E-state index in [1.165, 1.54) is 0 Å². The Labute approximate surface area is 203 Å². The van der Waals surface area contributed by atoms with E-state index in [0.717, 1.165) is 0 Å². The molecule has 0 amide bonds. The summed E-state index contributed by atoms with van der Waals surface area (Å²) in [6.07, 6.45) is -21.1. The second-order valence-electron chi connectivity index (χ2n) is 8.16. The van der Waals surface area contributed by atoms with Crippen LogP contribution in [0.3, 0.4) is 0 Å². The van der Waals surface area contributed by atoms with E-state index >= 15 is 0 Å². The van der Waals surface area contributed by atoms with Crippen LogP contribution in [0, 0.1) is 0 Å². The molecule has 0 aromatic rings. The van der Waals surface area contributed by atoms with Gasteiger partial charge in [0.25, 0.3) is 0 Å². The average Bonchev–Trinajstić information content (AvgIpc) is 2.87. The summed E-state index contributed by atoms with van der Waals surface area (Å²) >= 11 is 0. The van der Waals surface area contributed by atoms with Crippen molar-refractivity contribution in [2.45, 2.75) is 92.1 Å². The third kappa shape index (κ3) is 8.14. The van der Waals surface area contributed by atoms with Gasteiger partial charge in [-0.2, -0.15) is 0 Å². The van der Waals surface area contributed by atoms with Gasteiger partial charge in [0, 0.05) is 0 Å². The van der Waals surface area contributed by atoms with E-state index in [-0.39, 0.29) is 0 Å². The minimum atomic E-state index is -1.57. The van der Waals surface area contributed by atoms with Crippen molar-refractivity contribution in [2.75, 3.05) is 19.8 Å². The third-order valence-electron chi connectivity index (χ3n) is 5.60. The molecule has 36 heavy (non-hydrogen) atoms. The molecular weight excluding hydrogens is 504 g/mol. The molecule has 3 fully saturated rings. The molecule has 18 nitrogen and oxygen atoms in total. The molecule has 0 aromatic heterocycles. The molecule has 0 saturated carbocycles. The Morgan fingerprint density at radius 1 is 0.306 bits per heavy atom. The monoisotopic (exact) mass is 540 g/mol. The first kappa shape index (κ1) is 33.3. The number of rotatable bonds is 3. The van der Waals surface area contributed by atoms with Crippen molar-refractivity contribution in [1.82, 2.24) is 0 Å². The summed E-state index contributed by atoms with van der Waals surface area (Å²) in [5.74, 6) is 0. The summed E-state index contributed by atoms with van der Waals surface area (Å²) in [4.78, 5) is 0. The maximum atomic E-state index is 9.12. The van der Waals surface area contributed by atoms with Gasteiger partial charge in [0.1, 0.15) is 73.2 Å². The van der Waals surface area contributed by atoms with Gasteiger partial charge in [-0.05, 0) is 0 Å². The molecule has 0 aromatic carbocycles. The highest BCUT2D eigenvalue weighted by atomic mass is 16.7. The van der Waals surface area contributed by atoms with E-state index in [9.17, 15) is 0 Å². The Morgan fingerprint density at radius 2 is 0.500 bits per heavy atom. The number of hydrogen-bond donors (Lipinski definition) is 15. The summed E-state index contributed by atoms with van der Waals surface area (Å²) in [6, 6.07) is 0. The topological polar surface area (TPSA) is 331 Å². The molecule has 3 aliphatic rings. The number of aliphatic hydroxyl groups is 15. The van der Waals surface area contributed by atoms with Crippen molar-refractivity contribution in [3.8, 4) is 0 Å². The molecule has 0 bridgehead atoms. The highest BCUT2D eigenvalue weighted by molar-refractivity contribution is 4.89. The van der Waals surface area contributed by atoms with Crippen molar-refractivity contribution in [1.29, 1.82) is 0 Å². The van der Waals surface area contributed by atoms with Crippen LogP contribution < -0.4 is 0 Å². The lowest BCUT2D eigenvalue weighted by atomic mass is 10.00. The zero-order valence-electron chi connectivity index (χ0n) is 18.7. The molecule has 15 N–H and O–H groups in total. The molecule has 0 radical (unpaired) electrons. The van der Waals surface area contributed by atoms with E-state index in [2.05, 4.69) is 14.2 Å². The van der Waals surface area contributed by atoms with Crippen molar-refractivity contribution in [2.24, 2.45) is 0 Å². The molecule has 216 valence electrons. The van der Waals surface area contributed by atoms with E-state index < -0.39 is 112 Å². The number of hydrogen-bond acceptors (Lipinski definition) is 18. The summed E-state index contributed by atoms with van der Waals surface area (Å²) in [6.45, 7) is -1.58. The molecule has 3 rings (SSSR count). The number of aliphatic hydroxyl groups excluding tert-OH is 15. The minimum absolute atomic E-state index is 0.526. The van der Waals surface area contributed by atoms with Crippen molar-refractivity contribution in [3.63, 3.8) is 0 Å². The fourth-order valence-electron chi connectivity index (χ4n) is 3.25. The maximum absolute atomic E-state index is 9.12. The molecule has 3 saturated heterocycles. The average molecular weight is 540 g/mol. The maximum Gasteiger partial charge on any atom is 0.184 e. The normalized spacial score (nSPS) is 49.2. The van der Waals surface area contributed by atoms with Gasteiger partial charge in [0.15, 0.2) is 18.9 Å². The zero-order chi connectivity index (χ0) is 27.9. The third-order valence-corrected chi connectivity index (χ3v) is 5.60. The fraction of sp³-hybridized carbons (Fsp3) is 1.00. The van der Waals surface area contributed by atoms with E-state index in [1.54, 1.807) is 0 Å². The molecule has 3 aliphatic heterocycles. The predicted molar refractivity (Wildman–Crippen MR) is 108 cm³/mol. The smallest absolute Gasteiger partial charge is 0.184 e. The van der Waals surface area contributed by atoms with Crippen LogP contribution in [0.25, 0.3) is 0 Å². The largest absolute Gasteiger partial charge is 0.394 e. The van der Waals surface area contributed by atoms with Crippen molar-refractivity contribution in [3.05, 3.63) is 0 Å². The van der Waals surface area contributed by atoms with Crippen LogP contribution in [0.2, 0.25) is 0 Å². The highest BCUT2D eigenvalue weighted by Gasteiger charge is 2.44. The Bertz CT molecular complexity index is 519. The lowest BCUT2D eigenvalue weighted by Gasteiger charge is -2.37. The summed E-state index contributed by atoms with van der Waals surface area (Å²) in [7, 11) is 0. The van der Waals surface area contributed by atoms with Gasteiger partial charge in [-0.25, -0.2) is 0 Å². The molecule has 0 aliphatic carbocycles. The van der Waals surface area contributed by atoms with Crippen LogP contribution in [0.1, 0.15) is 0 Å². The lowest BCUT2D eigenvalue weighted by molar-refractivity contribution is -0.286. The van der Waals surface area contributed by atoms with E-state index in [4.69, 9.17) is 76.6 Å². The van der Waals surface area contributed by atoms with Gasteiger partial charge in [-0.1, -0.05) is 0 Å². The first-order valence-electron chi connectivity index (χ1n) is 10.7. The predicted octanol–water partition coefficient (Wildman–Crippen LogP) is -9.66. The van der Waals surface area contributed by atoms with Crippen LogP contribution in [0.4, 0.5) is 0 Å². The standard InChI is InChI=1S/3C6H12O6/c3*7-1-2-3(8)4(9)5(10)6(11)12-2/h3*2-11H,1H2/t2-,3+,4+,5-,6+;2-,3-,4+,5+,6+;2-,3-,4+,5-,6?/m111/s1. The second kappa shape index (κ2) is 15.0. The first-order valence-corrected chi connectivity index (χ1v) is 10.7. The first-order chi connectivity index (χ1) is 16.7. The quantitative estimate of drug-likeness (QED) is 0.158. The van der Waals surface area contributed by atoms with E-state index in [1.807, 2.05) is 0 Å². The molecule has 15 atom stereocenters. The van der Waals surface area contributed by atoms with Gasteiger partial charge in [0.2, 0.25) is 0 Å². The Morgan fingerprint density at radius 3 is 0.667 bits per heavy atom. The van der Waals surface area contributed by atoms with Gasteiger partial charge in [-0.3, -0.25) is 0 Å². The summed E-state index contributed by atoms with van der Waals surface area (Å²) in [5, 5.41) is 134. The molecule has 18 heteroatoms. The summed E-state index contributed by atoms with van der Waals surface area (Å²) < 4.78 is 13.7. The highest BCUT2D eigenvalue weighted by Crippen LogP contribution is 2.20. The SMILES string of the molecule is OC[C@H]1OC(O)[C@H](O)[C@@H](O)[C@@H]1O.OC[C@H]1O[C@H](O)[C@@H](O)[C@@H](O)[C@@H]1O.OC[C@H]1O[C@H](O)[C@H](O)[C@@H](O)[C@H]1O. The Hall–Kier alpha value is -0.720. The van der Waals surface area contributed by atoms with Crippen LogP contribution in [-0.4, -0.2) is 189 Å². The van der Waals surface area contributed by atoms with Crippen LogP contribution >= 0.6 is 0 Å². The minimum Gasteiger partial charge on any atom is -0.394 e. The van der Waals surface area contributed by atoms with Crippen LogP contribution in [0.15, 0.2) is 0 Å². The van der Waals surface area contributed by atoms with E-state index in [0.29, 0.717) is 0 Å². The summed E-state index contributed by atoms with van der Waals surface area (Å²) in [5.41, 5.74) is 0. The van der Waals surface area contributed by atoms with Gasteiger partial charge in [-0.15, -0.1) is 0 Å². The van der Waals surface area contributed by atoms with Gasteiger partial charge in [0.05, 0.1) is 19.8 Å². The van der Waals surface area contributed by atoms with Gasteiger partial charge < -0.3 is 90.8 Å². The number of ether oxygens (including phenoxy) is 3. The van der Waals surface area contributed by atoms with Crippen LogP contribution in [0.5, 0.6) is 0 Å². The Kier molecular flexibility index (Phi) is 13.9. The van der Waals surface area contributed by atoms with Crippen LogP contribution in [-0.2, 0) is 14.2 Å². The molecule has 3 heterocycles. The molecular formula is C18H36O18.